The molecule has 1 atom stereocenters. The predicted molar refractivity (Wildman–Crippen MR) is 117 cm³/mol. The van der Waals surface area contributed by atoms with Crippen molar-refractivity contribution in [2.45, 2.75) is 65.0 Å². The molecule has 1 saturated heterocycles. The molecule has 1 aliphatic carbocycles. The second kappa shape index (κ2) is 11.1. The highest BCUT2D eigenvalue weighted by Gasteiger charge is 2.31. The third-order valence-corrected chi connectivity index (χ3v) is 5.82. The van der Waals surface area contributed by atoms with Gasteiger partial charge in [-0.3, -0.25) is 4.79 Å². The summed E-state index contributed by atoms with van der Waals surface area (Å²) in [6, 6.07) is 8.29. The Morgan fingerprint density at radius 3 is 2.72 bits per heavy atom. The lowest BCUT2D eigenvalue weighted by molar-refractivity contribution is -0.135. The number of hydrogen-bond donors (Lipinski definition) is 2. The summed E-state index contributed by atoms with van der Waals surface area (Å²) in [5.41, 5.74) is 1.08. The topological polar surface area (TPSA) is 66.0 Å². The molecule has 1 aromatic rings. The van der Waals surface area contributed by atoms with Crippen molar-refractivity contribution in [3.8, 4) is 5.75 Å². The number of ether oxygens (including phenoxy) is 1. The van der Waals surface area contributed by atoms with Crippen molar-refractivity contribution in [2.24, 2.45) is 10.9 Å². The van der Waals surface area contributed by atoms with Crippen LogP contribution < -0.4 is 15.4 Å². The summed E-state index contributed by atoms with van der Waals surface area (Å²) >= 11 is 0. The molecule has 6 nitrogen and oxygen atoms in total. The van der Waals surface area contributed by atoms with E-state index >= 15 is 0 Å². The Hall–Kier alpha value is -2.24. The number of carbonyl (C=O) groups is 1. The molecule has 1 aromatic carbocycles. The number of likely N-dealkylation sites (tertiary alicyclic amines) is 1. The summed E-state index contributed by atoms with van der Waals surface area (Å²) in [5, 5.41) is 6.86. The third kappa shape index (κ3) is 6.12. The van der Waals surface area contributed by atoms with Crippen molar-refractivity contribution in [2.75, 3.05) is 26.2 Å². The van der Waals surface area contributed by atoms with E-state index in [2.05, 4.69) is 28.5 Å². The summed E-state index contributed by atoms with van der Waals surface area (Å²) in [5.74, 6) is 2.30. The first-order valence-corrected chi connectivity index (χ1v) is 11.3. The Bertz CT molecular complexity index is 685. The van der Waals surface area contributed by atoms with Crippen LogP contribution in [0.1, 0.15) is 57.9 Å². The number of carbonyl (C=O) groups excluding carboxylic acids is 1. The molecule has 2 N–H and O–H groups in total. The van der Waals surface area contributed by atoms with Gasteiger partial charge < -0.3 is 20.3 Å². The van der Waals surface area contributed by atoms with Gasteiger partial charge in [-0.1, -0.05) is 37.5 Å². The van der Waals surface area contributed by atoms with Gasteiger partial charge in [-0.15, -0.1) is 0 Å². The maximum Gasteiger partial charge on any atom is 0.225 e. The number of guanidine groups is 1. The SMILES string of the molecule is CCNC(=NCc1ccccc1OCC)NC1CCN(C(=O)C2CCCCC2)C1. The van der Waals surface area contributed by atoms with E-state index in [4.69, 9.17) is 9.73 Å². The molecule has 0 bridgehead atoms. The van der Waals surface area contributed by atoms with E-state index < -0.39 is 0 Å². The highest BCUT2D eigenvalue weighted by molar-refractivity contribution is 5.81. The Morgan fingerprint density at radius 1 is 1.17 bits per heavy atom. The van der Waals surface area contributed by atoms with E-state index in [1.54, 1.807) is 0 Å². The van der Waals surface area contributed by atoms with E-state index in [-0.39, 0.29) is 12.0 Å². The smallest absolute Gasteiger partial charge is 0.225 e. The summed E-state index contributed by atoms with van der Waals surface area (Å²) in [6.45, 7) is 7.69. The van der Waals surface area contributed by atoms with Crippen LogP contribution in [0.25, 0.3) is 0 Å². The molecular weight excluding hydrogens is 364 g/mol. The molecule has 2 aliphatic rings. The number of para-hydroxylation sites is 1. The maximum atomic E-state index is 12.8. The number of amides is 1. The van der Waals surface area contributed by atoms with Gasteiger partial charge in [-0.05, 0) is 39.2 Å². The molecule has 1 unspecified atom stereocenters. The van der Waals surface area contributed by atoms with Crippen LogP contribution in [0.2, 0.25) is 0 Å². The van der Waals surface area contributed by atoms with E-state index in [0.717, 1.165) is 56.2 Å². The Labute approximate surface area is 175 Å². The lowest BCUT2D eigenvalue weighted by atomic mass is 9.88. The summed E-state index contributed by atoms with van der Waals surface area (Å²) in [6.07, 6.45) is 6.79. The molecule has 1 aliphatic heterocycles. The van der Waals surface area contributed by atoms with Crippen LogP contribution in [0.3, 0.4) is 0 Å². The Kier molecular flexibility index (Phi) is 8.20. The Balaban J connectivity index is 1.56. The highest BCUT2D eigenvalue weighted by atomic mass is 16.5. The molecule has 0 aromatic heterocycles. The van der Waals surface area contributed by atoms with Crippen molar-refractivity contribution >= 4 is 11.9 Å². The van der Waals surface area contributed by atoms with Gasteiger partial charge in [0.05, 0.1) is 13.2 Å². The van der Waals surface area contributed by atoms with Gasteiger partial charge in [0.25, 0.3) is 0 Å². The number of benzene rings is 1. The average molecular weight is 401 g/mol. The first-order chi connectivity index (χ1) is 14.2. The van der Waals surface area contributed by atoms with Crippen LogP contribution in [-0.2, 0) is 11.3 Å². The number of aliphatic imine (C=N–C) groups is 1. The van der Waals surface area contributed by atoms with Crippen LogP contribution in [0.15, 0.2) is 29.3 Å². The van der Waals surface area contributed by atoms with Gasteiger partial charge in [0.1, 0.15) is 5.75 Å². The van der Waals surface area contributed by atoms with Crippen LogP contribution in [0.4, 0.5) is 0 Å². The quantitative estimate of drug-likeness (QED) is 0.544. The van der Waals surface area contributed by atoms with E-state index in [1.807, 2.05) is 25.1 Å². The molecule has 160 valence electrons. The summed E-state index contributed by atoms with van der Waals surface area (Å²) in [4.78, 5) is 19.6. The van der Waals surface area contributed by atoms with Crippen LogP contribution >= 0.6 is 0 Å². The number of rotatable bonds is 7. The average Bonchev–Trinajstić information content (AvgIpc) is 3.22. The molecule has 6 heteroatoms. The van der Waals surface area contributed by atoms with Crippen molar-refractivity contribution in [1.29, 1.82) is 0 Å². The fraction of sp³-hybridized carbons (Fsp3) is 0.652. The molecule has 0 spiro atoms. The number of hydrogen-bond acceptors (Lipinski definition) is 3. The zero-order valence-electron chi connectivity index (χ0n) is 18.0. The van der Waals surface area contributed by atoms with Crippen molar-refractivity contribution < 1.29 is 9.53 Å². The summed E-state index contributed by atoms with van der Waals surface area (Å²) < 4.78 is 5.71. The minimum Gasteiger partial charge on any atom is -0.494 e. The molecule has 1 amide bonds. The van der Waals surface area contributed by atoms with Crippen molar-refractivity contribution in [3.05, 3.63) is 29.8 Å². The van der Waals surface area contributed by atoms with Gasteiger partial charge >= 0.3 is 0 Å². The van der Waals surface area contributed by atoms with Crippen LogP contribution in [-0.4, -0.2) is 49.0 Å². The molecular formula is C23H36N4O2. The third-order valence-electron chi connectivity index (χ3n) is 5.82. The largest absolute Gasteiger partial charge is 0.494 e. The normalized spacial score (nSPS) is 20.6. The molecule has 29 heavy (non-hydrogen) atoms. The lowest BCUT2D eigenvalue weighted by Crippen LogP contribution is -2.45. The van der Waals surface area contributed by atoms with Gasteiger partial charge in [-0.2, -0.15) is 0 Å². The highest BCUT2D eigenvalue weighted by Crippen LogP contribution is 2.26. The van der Waals surface area contributed by atoms with Gasteiger partial charge in [0, 0.05) is 37.2 Å². The minimum absolute atomic E-state index is 0.250. The number of nitrogens with zero attached hydrogens (tertiary/aromatic N) is 2. The fourth-order valence-corrected chi connectivity index (χ4v) is 4.29. The van der Waals surface area contributed by atoms with Crippen LogP contribution in [0, 0.1) is 5.92 Å². The van der Waals surface area contributed by atoms with E-state index in [0.29, 0.717) is 19.1 Å². The van der Waals surface area contributed by atoms with Gasteiger partial charge in [-0.25, -0.2) is 4.99 Å². The fourth-order valence-electron chi connectivity index (χ4n) is 4.29. The standard InChI is InChI=1S/C23H36N4O2/c1-3-24-23(25-16-19-12-8-9-13-21(19)29-4-2)26-20-14-15-27(17-20)22(28)18-10-6-5-7-11-18/h8-9,12-13,18,20H,3-7,10-11,14-17H2,1-2H3,(H2,24,25,26). The zero-order valence-corrected chi connectivity index (χ0v) is 18.0. The molecule has 1 saturated carbocycles. The van der Waals surface area contributed by atoms with E-state index in [1.165, 1.54) is 19.3 Å². The predicted octanol–water partition coefficient (Wildman–Crippen LogP) is 3.32. The second-order valence-corrected chi connectivity index (χ2v) is 7.99. The van der Waals surface area contributed by atoms with Crippen molar-refractivity contribution in [1.82, 2.24) is 15.5 Å². The van der Waals surface area contributed by atoms with Crippen LogP contribution in [0.5, 0.6) is 5.75 Å². The molecule has 0 radical (unpaired) electrons. The minimum atomic E-state index is 0.250. The number of nitrogens with one attached hydrogen (secondary N) is 2. The maximum absolute atomic E-state index is 12.8. The van der Waals surface area contributed by atoms with Crippen molar-refractivity contribution in [3.63, 3.8) is 0 Å². The van der Waals surface area contributed by atoms with Gasteiger partial charge in [0.15, 0.2) is 5.96 Å². The lowest BCUT2D eigenvalue weighted by Gasteiger charge is -2.26. The molecule has 3 rings (SSSR count). The van der Waals surface area contributed by atoms with E-state index in [9.17, 15) is 4.79 Å². The second-order valence-electron chi connectivity index (χ2n) is 7.99. The van der Waals surface area contributed by atoms with Gasteiger partial charge in [0.2, 0.25) is 5.91 Å². The molecule has 2 fully saturated rings. The zero-order chi connectivity index (χ0) is 20.5. The summed E-state index contributed by atoms with van der Waals surface area (Å²) in [7, 11) is 0. The first kappa shape index (κ1) is 21.5. The molecule has 1 heterocycles. The first-order valence-electron chi connectivity index (χ1n) is 11.3. The monoisotopic (exact) mass is 400 g/mol. The Morgan fingerprint density at radius 2 is 1.97 bits per heavy atom.